The lowest BCUT2D eigenvalue weighted by atomic mass is 9.85. The van der Waals surface area contributed by atoms with E-state index in [1.54, 1.807) is 6.07 Å². The van der Waals surface area contributed by atoms with Gasteiger partial charge in [-0.1, -0.05) is 12.5 Å². The van der Waals surface area contributed by atoms with Gasteiger partial charge in [0.25, 0.3) is 0 Å². The predicted octanol–water partition coefficient (Wildman–Crippen LogP) is 3.49. The van der Waals surface area contributed by atoms with Gasteiger partial charge in [0, 0.05) is 6.04 Å². The number of carboxylic acid groups (broad SMARTS) is 1. The Hall–Kier alpha value is -0.850. The van der Waals surface area contributed by atoms with Crippen LogP contribution in [0, 0.1) is 15.3 Å². The van der Waals surface area contributed by atoms with E-state index in [9.17, 15) is 9.18 Å². The fourth-order valence-corrected chi connectivity index (χ4v) is 2.90. The summed E-state index contributed by atoms with van der Waals surface area (Å²) in [6, 6.07) is 5.04. The van der Waals surface area contributed by atoms with Gasteiger partial charge in [0.1, 0.15) is 5.82 Å². The average molecular weight is 363 g/mol. The van der Waals surface area contributed by atoms with E-state index in [0.717, 1.165) is 24.9 Å². The van der Waals surface area contributed by atoms with Gasteiger partial charge >= 0.3 is 5.97 Å². The van der Waals surface area contributed by atoms with Gasteiger partial charge in [0.15, 0.2) is 0 Å². The Bertz CT molecular complexity index is 453. The zero-order chi connectivity index (χ0) is 13.1. The molecular weight excluding hydrogens is 348 g/mol. The van der Waals surface area contributed by atoms with Crippen LogP contribution >= 0.6 is 22.6 Å². The van der Waals surface area contributed by atoms with Crippen LogP contribution in [0.25, 0.3) is 0 Å². The smallest absolute Gasteiger partial charge is 0.306 e. The number of halogens is 2. The highest BCUT2D eigenvalue weighted by Gasteiger charge is 2.27. The number of rotatable bonds is 3. The maximum Gasteiger partial charge on any atom is 0.306 e. The highest BCUT2D eigenvalue weighted by atomic mass is 127. The third kappa shape index (κ3) is 3.13. The number of hydrogen-bond donors (Lipinski definition) is 2. The molecule has 0 aliphatic heterocycles. The number of carboxylic acids is 1. The molecule has 0 bridgehead atoms. The Morgan fingerprint density at radius 3 is 2.94 bits per heavy atom. The Morgan fingerprint density at radius 1 is 1.44 bits per heavy atom. The van der Waals surface area contributed by atoms with E-state index in [-0.39, 0.29) is 17.8 Å². The van der Waals surface area contributed by atoms with Crippen molar-refractivity contribution in [1.82, 2.24) is 0 Å². The van der Waals surface area contributed by atoms with Gasteiger partial charge < -0.3 is 10.4 Å². The van der Waals surface area contributed by atoms with E-state index in [0.29, 0.717) is 9.99 Å². The second-order valence-corrected chi connectivity index (χ2v) is 5.72. The summed E-state index contributed by atoms with van der Waals surface area (Å²) in [7, 11) is 0. The van der Waals surface area contributed by atoms with Crippen LogP contribution in [0.4, 0.5) is 10.1 Å². The lowest BCUT2D eigenvalue weighted by Gasteiger charge is -2.28. The van der Waals surface area contributed by atoms with Gasteiger partial charge in [0.2, 0.25) is 0 Å². The minimum Gasteiger partial charge on any atom is -0.481 e. The summed E-state index contributed by atoms with van der Waals surface area (Å²) in [5.74, 6) is -1.25. The summed E-state index contributed by atoms with van der Waals surface area (Å²) in [6.45, 7) is 0. The monoisotopic (exact) mass is 363 g/mol. The third-order valence-electron chi connectivity index (χ3n) is 3.33. The molecule has 1 saturated carbocycles. The van der Waals surface area contributed by atoms with Crippen molar-refractivity contribution in [2.45, 2.75) is 31.7 Å². The molecule has 18 heavy (non-hydrogen) atoms. The van der Waals surface area contributed by atoms with Crippen LogP contribution in [-0.2, 0) is 4.79 Å². The molecule has 2 unspecified atom stereocenters. The topological polar surface area (TPSA) is 49.3 Å². The SMILES string of the molecule is O=C(O)C1CCCC(Nc2cccc(F)c2I)C1. The van der Waals surface area contributed by atoms with Crippen LogP contribution < -0.4 is 5.32 Å². The van der Waals surface area contributed by atoms with Crippen LogP contribution in [0.15, 0.2) is 18.2 Å². The number of benzene rings is 1. The first-order valence-electron chi connectivity index (χ1n) is 6.01. The van der Waals surface area contributed by atoms with Gasteiger partial charge in [0.05, 0.1) is 15.2 Å². The summed E-state index contributed by atoms with van der Waals surface area (Å²) in [5, 5.41) is 12.3. The molecule has 0 spiro atoms. The Morgan fingerprint density at radius 2 is 2.22 bits per heavy atom. The molecule has 1 aromatic rings. The Balaban J connectivity index is 2.05. The highest BCUT2D eigenvalue weighted by Crippen LogP contribution is 2.29. The number of anilines is 1. The third-order valence-corrected chi connectivity index (χ3v) is 4.43. The van der Waals surface area contributed by atoms with Gasteiger partial charge in [-0.2, -0.15) is 0 Å². The molecule has 0 aromatic heterocycles. The molecule has 1 aliphatic carbocycles. The summed E-state index contributed by atoms with van der Waals surface area (Å²) in [6.07, 6.45) is 3.20. The van der Waals surface area contributed by atoms with Gasteiger partial charge in [-0.3, -0.25) is 4.79 Å². The fourth-order valence-electron chi connectivity index (χ4n) is 2.38. The second-order valence-electron chi connectivity index (χ2n) is 4.64. The van der Waals surface area contributed by atoms with Crippen molar-refractivity contribution in [3.63, 3.8) is 0 Å². The zero-order valence-corrected chi connectivity index (χ0v) is 12.0. The van der Waals surface area contributed by atoms with E-state index in [1.165, 1.54) is 6.07 Å². The Kier molecular flexibility index (Phi) is 4.42. The molecule has 5 heteroatoms. The van der Waals surface area contributed by atoms with Crippen molar-refractivity contribution in [2.24, 2.45) is 5.92 Å². The highest BCUT2D eigenvalue weighted by molar-refractivity contribution is 14.1. The maximum absolute atomic E-state index is 13.4. The largest absolute Gasteiger partial charge is 0.481 e. The molecule has 0 saturated heterocycles. The molecular formula is C13H15FINO2. The summed E-state index contributed by atoms with van der Waals surface area (Å²) < 4.78 is 14.0. The van der Waals surface area contributed by atoms with Crippen molar-refractivity contribution in [2.75, 3.05) is 5.32 Å². The maximum atomic E-state index is 13.4. The first kappa shape index (κ1) is 13.6. The van der Waals surface area contributed by atoms with Crippen LogP contribution in [0.2, 0.25) is 0 Å². The molecule has 1 fully saturated rings. The molecule has 2 rings (SSSR count). The van der Waals surface area contributed by atoms with Crippen LogP contribution in [-0.4, -0.2) is 17.1 Å². The predicted molar refractivity (Wildman–Crippen MR) is 76.1 cm³/mol. The molecule has 0 amide bonds. The van der Waals surface area contributed by atoms with Crippen molar-refractivity contribution in [3.05, 3.63) is 27.6 Å². The van der Waals surface area contributed by atoms with Crippen LogP contribution in [0.1, 0.15) is 25.7 Å². The van der Waals surface area contributed by atoms with Gasteiger partial charge in [-0.05, 0) is 54.0 Å². The van der Waals surface area contributed by atoms with E-state index in [2.05, 4.69) is 5.32 Å². The summed E-state index contributed by atoms with van der Waals surface area (Å²) in [4.78, 5) is 11.0. The molecule has 2 atom stereocenters. The van der Waals surface area contributed by atoms with Crippen LogP contribution in [0.5, 0.6) is 0 Å². The summed E-state index contributed by atoms with van der Waals surface area (Å²) in [5.41, 5.74) is 0.756. The molecule has 2 N–H and O–H groups in total. The van der Waals surface area contributed by atoms with E-state index >= 15 is 0 Å². The van der Waals surface area contributed by atoms with Crippen molar-refractivity contribution in [3.8, 4) is 0 Å². The molecule has 98 valence electrons. The lowest BCUT2D eigenvalue weighted by molar-refractivity contribution is -0.142. The number of nitrogens with one attached hydrogen (secondary N) is 1. The van der Waals surface area contributed by atoms with Crippen LogP contribution in [0.3, 0.4) is 0 Å². The van der Waals surface area contributed by atoms with E-state index < -0.39 is 5.97 Å². The molecule has 1 aromatic carbocycles. The normalized spacial score (nSPS) is 23.7. The molecule has 0 radical (unpaired) electrons. The minimum atomic E-state index is -0.726. The van der Waals surface area contributed by atoms with E-state index in [4.69, 9.17) is 5.11 Å². The lowest BCUT2D eigenvalue weighted by Crippen LogP contribution is -2.31. The van der Waals surface area contributed by atoms with E-state index in [1.807, 2.05) is 28.7 Å². The zero-order valence-electron chi connectivity index (χ0n) is 9.83. The van der Waals surface area contributed by atoms with Crippen molar-refractivity contribution < 1.29 is 14.3 Å². The van der Waals surface area contributed by atoms with Gasteiger partial charge in [-0.25, -0.2) is 4.39 Å². The van der Waals surface area contributed by atoms with Crippen molar-refractivity contribution >= 4 is 34.2 Å². The molecule has 0 heterocycles. The first-order chi connectivity index (χ1) is 8.58. The van der Waals surface area contributed by atoms with Crippen molar-refractivity contribution in [1.29, 1.82) is 0 Å². The fraction of sp³-hybridized carbons (Fsp3) is 0.462. The molecule has 3 nitrogen and oxygen atoms in total. The average Bonchev–Trinajstić information content (AvgIpc) is 2.35. The Labute approximate surface area is 119 Å². The number of hydrogen-bond acceptors (Lipinski definition) is 2. The second kappa shape index (κ2) is 5.86. The number of carbonyl (C=O) groups is 1. The van der Waals surface area contributed by atoms with Gasteiger partial charge in [-0.15, -0.1) is 0 Å². The molecule has 1 aliphatic rings. The first-order valence-corrected chi connectivity index (χ1v) is 7.09. The quantitative estimate of drug-likeness (QED) is 0.809. The minimum absolute atomic E-state index is 0.121. The number of aliphatic carboxylic acids is 1. The summed E-state index contributed by atoms with van der Waals surface area (Å²) >= 11 is 1.97. The standard InChI is InChI=1S/C13H15FINO2/c14-10-5-2-6-11(12(10)15)16-9-4-1-3-8(7-9)13(17)18/h2,5-6,8-9,16H,1,3-4,7H2,(H,17,18).